The molecule has 1 fully saturated rings. The van der Waals surface area contributed by atoms with Gasteiger partial charge in [0.2, 0.25) is 11.8 Å². The molecule has 0 unspecified atom stereocenters. The minimum Gasteiger partial charge on any atom is -0.320 e. The molecular weight excluding hydrogens is 252 g/mol. The number of rotatable bonds is 2. The molecule has 1 heterocycles. The number of amides is 2. The van der Waals surface area contributed by atoms with Gasteiger partial charge in [-0.2, -0.15) is 0 Å². The van der Waals surface area contributed by atoms with Crippen molar-refractivity contribution in [2.45, 2.75) is 26.3 Å². The van der Waals surface area contributed by atoms with E-state index in [0.29, 0.717) is 25.9 Å². The van der Waals surface area contributed by atoms with Crippen LogP contribution in [0.15, 0.2) is 24.3 Å². The molecule has 1 aromatic rings. The summed E-state index contributed by atoms with van der Waals surface area (Å²) in [6.45, 7) is 2.60. The van der Waals surface area contributed by atoms with E-state index in [1.54, 1.807) is 0 Å². The van der Waals surface area contributed by atoms with Crippen LogP contribution in [0, 0.1) is 17.8 Å². The Bertz CT molecular complexity index is 548. The van der Waals surface area contributed by atoms with Crippen LogP contribution in [0.3, 0.4) is 0 Å². The summed E-state index contributed by atoms with van der Waals surface area (Å²) in [4.78, 5) is 25.1. The molecule has 20 heavy (non-hydrogen) atoms. The molecule has 104 valence electrons. The average Bonchev–Trinajstić information content (AvgIpc) is 2.42. The molecule has 1 saturated heterocycles. The monoisotopic (exact) mass is 270 g/mol. The van der Waals surface area contributed by atoms with Crippen LogP contribution in [-0.4, -0.2) is 23.3 Å². The smallest absolute Gasteiger partial charge is 0.229 e. The van der Waals surface area contributed by atoms with E-state index < -0.39 is 0 Å². The SMILES string of the molecule is CC1CC(=O)N(Cc2ccc(C#CCN)cc2)C(=O)C1. The molecular formula is C16H18N2O2. The summed E-state index contributed by atoms with van der Waals surface area (Å²) in [6, 6.07) is 7.53. The Balaban J connectivity index is 2.06. The van der Waals surface area contributed by atoms with Gasteiger partial charge in [0, 0.05) is 18.4 Å². The van der Waals surface area contributed by atoms with E-state index in [1.165, 1.54) is 4.90 Å². The number of nitrogens with zero attached hydrogens (tertiary/aromatic N) is 1. The highest BCUT2D eigenvalue weighted by Gasteiger charge is 2.29. The first-order chi connectivity index (χ1) is 9.60. The lowest BCUT2D eigenvalue weighted by atomic mass is 9.97. The fraction of sp³-hybridized carbons (Fsp3) is 0.375. The Morgan fingerprint density at radius 3 is 2.35 bits per heavy atom. The predicted molar refractivity (Wildman–Crippen MR) is 76.3 cm³/mol. The highest BCUT2D eigenvalue weighted by atomic mass is 16.2. The van der Waals surface area contributed by atoms with Gasteiger partial charge in [0.1, 0.15) is 0 Å². The summed E-state index contributed by atoms with van der Waals surface area (Å²) in [5.74, 6) is 5.71. The molecule has 2 rings (SSSR count). The minimum absolute atomic E-state index is 0.0826. The molecule has 0 bridgehead atoms. The van der Waals surface area contributed by atoms with Gasteiger partial charge in [-0.15, -0.1) is 0 Å². The summed E-state index contributed by atoms with van der Waals surface area (Å²) < 4.78 is 0. The van der Waals surface area contributed by atoms with Crippen molar-refractivity contribution in [1.29, 1.82) is 0 Å². The van der Waals surface area contributed by atoms with Crippen LogP contribution in [0.25, 0.3) is 0 Å². The Labute approximate surface area is 118 Å². The second-order valence-electron chi connectivity index (χ2n) is 5.09. The van der Waals surface area contributed by atoms with Crippen molar-refractivity contribution in [3.8, 4) is 11.8 Å². The highest BCUT2D eigenvalue weighted by molar-refractivity contribution is 5.97. The van der Waals surface area contributed by atoms with E-state index in [4.69, 9.17) is 5.73 Å². The van der Waals surface area contributed by atoms with E-state index in [2.05, 4.69) is 11.8 Å². The summed E-state index contributed by atoms with van der Waals surface area (Å²) in [7, 11) is 0. The number of imide groups is 1. The first-order valence-corrected chi connectivity index (χ1v) is 6.71. The van der Waals surface area contributed by atoms with Gasteiger partial charge in [0.25, 0.3) is 0 Å². The number of hydrogen-bond donors (Lipinski definition) is 1. The third-order valence-electron chi connectivity index (χ3n) is 3.28. The van der Waals surface area contributed by atoms with Gasteiger partial charge in [0.05, 0.1) is 13.1 Å². The molecule has 2 amide bonds. The van der Waals surface area contributed by atoms with Gasteiger partial charge >= 0.3 is 0 Å². The van der Waals surface area contributed by atoms with Crippen LogP contribution in [0.4, 0.5) is 0 Å². The number of carbonyl (C=O) groups excluding carboxylic acids is 2. The maximum Gasteiger partial charge on any atom is 0.229 e. The number of hydrogen-bond acceptors (Lipinski definition) is 3. The van der Waals surface area contributed by atoms with Gasteiger partial charge in [-0.25, -0.2) is 0 Å². The van der Waals surface area contributed by atoms with E-state index >= 15 is 0 Å². The molecule has 4 nitrogen and oxygen atoms in total. The largest absolute Gasteiger partial charge is 0.320 e. The number of nitrogens with two attached hydrogens (primary N) is 1. The molecule has 0 spiro atoms. The standard InChI is InChI=1S/C16H18N2O2/c1-12-9-15(19)18(16(20)10-12)11-14-6-4-13(5-7-14)3-2-8-17/h4-7,12H,8-11,17H2,1H3. The predicted octanol–water partition coefficient (Wildman–Crippen LogP) is 1.28. The molecule has 0 aliphatic carbocycles. The molecule has 0 radical (unpaired) electrons. The average molecular weight is 270 g/mol. The molecule has 1 aromatic carbocycles. The lowest BCUT2D eigenvalue weighted by molar-refractivity contribution is -0.150. The topological polar surface area (TPSA) is 63.4 Å². The van der Waals surface area contributed by atoms with E-state index in [0.717, 1.165) is 11.1 Å². The second kappa shape index (κ2) is 6.36. The number of benzene rings is 1. The maximum absolute atomic E-state index is 11.9. The summed E-state index contributed by atoms with van der Waals surface area (Å²) >= 11 is 0. The minimum atomic E-state index is -0.0826. The summed E-state index contributed by atoms with van der Waals surface area (Å²) in [5.41, 5.74) is 7.13. The Morgan fingerprint density at radius 2 is 1.80 bits per heavy atom. The Kier molecular flexibility index (Phi) is 4.54. The van der Waals surface area contributed by atoms with Crippen LogP contribution in [0.2, 0.25) is 0 Å². The van der Waals surface area contributed by atoms with Gasteiger partial charge in [-0.3, -0.25) is 14.5 Å². The molecule has 0 atom stereocenters. The first-order valence-electron chi connectivity index (χ1n) is 6.71. The van der Waals surface area contributed by atoms with Crippen LogP contribution < -0.4 is 5.73 Å². The van der Waals surface area contributed by atoms with Crippen molar-refractivity contribution >= 4 is 11.8 Å². The number of likely N-dealkylation sites (tertiary alicyclic amines) is 1. The van der Waals surface area contributed by atoms with Crippen molar-refractivity contribution in [3.05, 3.63) is 35.4 Å². The number of carbonyl (C=O) groups is 2. The van der Waals surface area contributed by atoms with Crippen molar-refractivity contribution in [1.82, 2.24) is 4.90 Å². The Morgan fingerprint density at radius 1 is 1.20 bits per heavy atom. The lowest BCUT2D eigenvalue weighted by Crippen LogP contribution is -2.42. The van der Waals surface area contributed by atoms with Gasteiger partial charge < -0.3 is 5.73 Å². The van der Waals surface area contributed by atoms with Gasteiger partial charge in [-0.05, 0) is 23.6 Å². The van der Waals surface area contributed by atoms with Crippen molar-refractivity contribution < 1.29 is 9.59 Å². The second-order valence-corrected chi connectivity index (χ2v) is 5.09. The van der Waals surface area contributed by atoms with Crippen molar-refractivity contribution in [2.24, 2.45) is 11.7 Å². The van der Waals surface area contributed by atoms with E-state index in [9.17, 15) is 9.59 Å². The van der Waals surface area contributed by atoms with Gasteiger partial charge in [-0.1, -0.05) is 30.9 Å². The lowest BCUT2D eigenvalue weighted by Gasteiger charge is -2.28. The normalized spacial score (nSPS) is 16.0. The van der Waals surface area contributed by atoms with Crippen molar-refractivity contribution in [3.63, 3.8) is 0 Å². The summed E-state index contributed by atoms with van der Waals surface area (Å²) in [6.07, 6.45) is 0.900. The van der Waals surface area contributed by atoms with Gasteiger partial charge in [0.15, 0.2) is 0 Å². The van der Waals surface area contributed by atoms with Crippen LogP contribution in [-0.2, 0) is 16.1 Å². The molecule has 4 heteroatoms. The van der Waals surface area contributed by atoms with E-state index in [1.807, 2.05) is 31.2 Å². The zero-order valence-corrected chi connectivity index (χ0v) is 11.6. The fourth-order valence-electron chi connectivity index (χ4n) is 2.23. The fourth-order valence-corrected chi connectivity index (χ4v) is 2.23. The molecule has 2 N–H and O–H groups in total. The van der Waals surface area contributed by atoms with Crippen LogP contribution >= 0.6 is 0 Å². The first kappa shape index (κ1) is 14.3. The zero-order valence-electron chi connectivity index (χ0n) is 11.6. The molecule has 0 saturated carbocycles. The summed E-state index contributed by atoms with van der Waals surface area (Å²) in [5, 5.41) is 0. The quantitative estimate of drug-likeness (QED) is 0.650. The zero-order chi connectivity index (χ0) is 14.5. The molecule has 1 aliphatic heterocycles. The van der Waals surface area contributed by atoms with E-state index in [-0.39, 0.29) is 17.7 Å². The third kappa shape index (κ3) is 3.46. The van der Waals surface area contributed by atoms with Crippen LogP contribution in [0.1, 0.15) is 30.9 Å². The van der Waals surface area contributed by atoms with Crippen molar-refractivity contribution in [2.75, 3.05) is 6.54 Å². The number of piperidine rings is 1. The molecule has 1 aliphatic rings. The Hall–Kier alpha value is -2.12. The maximum atomic E-state index is 11.9. The third-order valence-corrected chi connectivity index (χ3v) is 3.28. The highest BCUT2D eigenvalue weighted by Crippen LogP contribution is 2.20. The van der Waals surface area contributed by atoms with Crippen LogP contribution in [0.5, 0.6) is 0 Å². The molecule has 0 aromatic heterocycles.